The molecular formula is C11H12BrNO3. The van der Waals surface area contributed by atoms with E-state index in [1.165, 1.54) is 4.90 Å². The quantitative estimate of drug-likeness (QED) is 0.624. The molecule has 1 rings (SSSR count). The third-order valence-electron chi connectivity index (χ3n) is 2.13. The van der Waals surface area contributed by atoms with Crippen LogP contribution in [0.25, 0.3) is 0 Å². The van der Waals surface area contributed by atoms with E-state index in [9.17, 15) is 9.59 Å². The lowest BCUT2D eigenvalue weighted by Crippen LogP contribution is -2.27. The smallest absolute Gasteiger partial charge is 0.286 e. The Morgan fingerprint density at radius 2 is 2.25 bits per heavy atom. The fourth-order valence-corrected chi connectivity index (χ4v) is 1.70. The summed E-state index contributed by atoms with van der Waals surface area (Å²) in [6.07, 6.45) is 0.296. The normalized spacial score (nSPS) is 9.69. The number of halogens is 1. The van der Waals surface area contributed by atoms with E-state index in [4.69, 9.17) is 4.74 Å². The van der Waals surface area contributed by atoms with Crippen molar-refractivity contribution in [2.24, 2.45) is 0 Å². The van der Waals surface area contributed by atoms with Gasteiger partial charge in [0.1, 0.15) is 5.75 Å². The van der Waals surface area contributed by atoms with Crippen LogP contribution >= 0.6 is 15.9 Å². The second-order valence-corrected chi connectivity index (χ2v) is 4.18. The number of nitrogens with zero attached hydrogens (tertiary/aromatic N) is 1. The van der Waals surface area contributed by atoms with Crippen molar-refractivity contribution in [2.75, 3.05) is 14.2 Å². The van der Waals surface area contributed by atoms with Crippen molar-refractivity contribution in [1.82, 2.24) is 4.90 Å². The maximum absolute atomic E-state index is 11.1. The van der Waals surface area contributed by atoms with Crippen molar-refractivity contribution in [3.63, 3.8) is 0 Å². The number of amides is 1. The van der Waals surface area contributed by atoms with E-state index in [0.717, 1.165) is 10.0 Å². The van der Waals surface area contributed by atoms with Crippen LogP contribution in [0.1, 0.15) is 5.56 Å². The lowest BCUT2D eigenvalue weighted by atomic mass is 10.2. The Hall–Kier alpha value is -1.36. The molecule has 0 fully saturated rings. The average molecular weight is 286 g/mol. The van der Waals surface area contributed by atoms with E-state index in [2.05, 4.69) is 15.9 Å². The van der Waals surface area contributed by atoms with Gasteiger partial charge in [-0.15, -0.1) is 0 Å². The van der Waals surface area contributed by atoms with Gasteiger partial charge in [-0.3, -0.25) is 9.59 Å². The fraction of sp³-hybridized carbons (Fsp3) is 0.273. The Morgan fingerprint density at radius 3 is 2.81 bits per heavy atom. The van der Waals surface area contributed by atoms with Gasteiger partial charge < -0.3 is 9.64 Å². The number of rotatable bonds is 4. The number of benzene rings is 1. The standard InChI is InChI=1S/C11H12BrNO3/c1-13(11(15)7-14)6-8-5-9(12)3-4-10(8)16-2/h3-5,7H,6H2,1-2H3. The Bertz CT molecular complexity index is 406. The number of hydrogen-bond acceptors (Lipinski definition) is 3. The van der Waals surface area contributed by atoms with Crippen molar-refractivity contribution in [1.29, 1.82) is 0 Å². The molecular weight excluding hydrogens is 274 g/mol. The summed E-state index contributed by atoms with van der Waals surface area (Å²) in [5, 5.41) is 0. The zero-order valence-corrected chi connectivity index (χ0v) is 10.7. The van der Waals surface area contributed by atoms with Crippen LogP contribution in [-0.4, -0.2) is 31.3 Å². The summed E-state index contributed by atoms with van der Waals surface area (Å²) in [4.78, 5) is 22.8. The average Bonchev–Trinajstić information content (AvgIpc) is 2.28. The summed E-state index contributed by atoms with van der Waals surface area (Å²) in [5.41, 5.74) is 0.842. The molecule has 4 nitrogen and oxygen atoms in total. The van der Waals surface area contributed by atoms with Crippen molar-refractivity contribution in [2.45, 2.75) is 6.54 Å². The zero-order valence-electron chi connectivity index (χ0n) is 9.07. The number of carbonyl (C=O) groups is 2. The fourth-order valence-electron chi connectivity index (χ4n) is 1.29. The first kappa shape index (κ1) is 12.7. The highest BCUT2D eigenvalue weighted by atomic mass is 79.9. The van der Waals surface area contributed by atoms with Crippen LogP contribution in [0.5, 0.6) is 5.75 Å². The van der Waals surface area contributed by atoms with Gasteiger partial charge in [-0.05, 0) is 18.2 Å². The van der Waals surface area contributed by atoms with E-state index < -0.39 is 5.91 Å². The lowest BCUT2D eigenvalue weighted by molar-refractivity contribution is -0.138. The molecule has 0 radical (unpaired) electrons. The van der Waals surface area contributed by atoms with Crippen LogP contribution in [0.4, 0.5) is 0 Å². The highest BCUT2D eigenvalue weighted by Crippen LogP contribution is 2.23. The first-order chi connectivity index (χ1) is 7.58. The number of hydrogen-bond donors (Lipinski definition) is 0. The third-order valence-corrected chi connectivity index (χ3v) is 2.62. The summed E-state index contributed by atoms with van der Waals surface area (Å²) in [7, 11) is 3.13. The minimum atomic E-state index is -0.554. The van der Waals surface area contributed by atoms with Gasteiger partial charge in [0.25, 0.3) is 5.91 Å². The van der Waals surface area contributed by atoms with Gasteiger partial charge in [0.15, 0.2) is 0 Å². The minimum Gasteiger partial charge on any atom is -0.496 e. The molecule has 1 aromatic rings. The molecule has 0 aromatic heterocycles. The summed E-state index contributed by atoms with van der Waals surface area (Å²) in [5.74, 6) is 0.135. The topological polar surface area (TPSA) is 46.6 Å². The second-order valence-electron chi connectivity index (χ2n) is 3.27. The number of aldehydes is 1. The number of carbonyl (C=O) groups excluding carboxylic acids is 2. The molecule has 0 aliphatic heterocycles. The predicted molar refractivity (Wildman–Crippen MR) is 63.2 cm³/mol. The summed E-state index contributed by atoms with van der Waals surface area (Å²) in [6, 6.07) is 5.51. The highest BCUT2D eigenvalue weighted by Gasteiger charge is 2.11. The maximum Gasteiger partial charge on any atom is 0.286 e. The van der Waals surface area contributed by atoms with Gasteiger partial charge in [-0.1, -0.05) is 15.9 Å². The highest BCUT2D eigenvalue weighted by molar-refractivity contribution is 9.10. The van der Waals surface area contributed by atoms with Crippen LogP contribution in [0.2, 0.25) is 0 Å². The van der Waals surface area contributed by atoms with Crippen molar-refractivity contribution in [3.05, 3.63) is 28.2 Å². The zero-order chi connectivity index (χ0) is 12.1. The van der Waals surface area contributed by atoms with Gasteiger partial charge in [-0.25, -0.2) is 0 Å². The molecule has 0 N–H and O–H groups in total. The minimum absolute atomic E-state index is 0.296. The maximum atomic E-state index is 11.1. The Labute approximate surface area is 102 Å². The molecule has 0 unspecified atom stereocenters. The lowest BCUT2D eigenvalue weighted by Gasteiger charge is -2.16. The first-order valence-corrected chi connectivity index (χ1v) is 5.40. The van der Waals surface area contributed by atoms with E-state index in [1.807, 2.05) is 12.1 Å². The van der Waals surface area contributed by atoms with Crippen LogP contribution < -0.4 is 4.74 Å². The predicted octanol–water partition coefficient (Wildman–Crippen LogP) is 1.61. The third kappa shape index (κ3) is 3.06. The molecule has 16 heavy (non-hydrogen) atoms. The Kier molecular flexibility index (Phi) is 4.49. The SMILES string of the molecule is COc1ccc(Br)cc1CN(C)C(=O)C=O. The molecule has 0 aliphatic carbocycles. The molecule has 0 saturated heterocycles. The van der Waals surface area contributed by atoms with Crippen LogP contribution in [-0.2, 0) is 16.1 Å². The van der Waals surface area contributed by atoms with Crippen molar-refractivity contribution < 1.29 is 14.3 Å². The molecule has 0 spiro atoms. The van der Waals surface area contributed by atoms with Gasteiger partial charge >= 0.3 is 0 Å². The van der Waals surface area contributed by atoms with Gasteiger partial charge in [0.05, 0.1) is 7.11 Å². The van der Waals surface area contributed by atoms with Gasteiger partial charge in [0.2, 0.25) is 6.29 Å². The monoisotopic (exact) mass is 285 g/mol. The molecule has 5 heteroatoms. The first-order valence-electron chi connectivity index (χ1n) is 4.61. The molecule has 1 aromatic carbocycles. The van der Waals surface area contributed by atoms with Crippen molar-refractivity contribution in [3.8, 4) is 5.75 Å². The molecule has 0 saturated carbocycles. The molecule has 0 atom stereocenters. The van der Waals surface area contributed by atoms with E-state index in [0.29, 0.717) is 18.6 Å². The number of ether oxygens (including phenoxy) is 1. The largest absolute Gasteiger partial charge is 0.496 e. The number of likely N-dealkylation sites (N-methyl/N-ethyl adjacent to an activating group) is 1. The van der Waals surface area contributed by atoms with Crippen molar-refractivity contribution >= 4 is 28.1 Å². The Morgan fingerprint density at radius 1 is 1.56 bits per heavy atom. The van der Waals surface area contributed by atoms with E-state index >= 15 is 0 Å². The van der Waals surface area contributed by atoms with Crippen LogP contribution in [0.3, 0.4) is 0 Å². The molecule has 0 aliphatic rings. The molecule has 0 bridgehead atoms. The van der Waals surface area contributed by atoms with Gasteiger partial charge in [0, 0.05) is 23.6 Å². The van der Waals surface area contributed by atoms with Crippen LogP contribution in [0, 0.1) is 0 Å². The summed E-state index contributed by atoms with van der Waals surface area (Å²) >= 11 is 3.34. The summed E-state index contributed by atoms with van der Waals surface area (Å²) < 4.78 is 6.07. The second kappa shape index (κ2) is 5.65. The van der Waals surface area contributed by atoms with E-state index in [-0.39, 0.29) is 0 Å². The Balaban J connectivity index is 2.90. The molecule has 0 heterocycles. The van der Waals surface area contributed by atoms with E-state index in [1.54, 1.807) is 20.2 Å². The summed E-state index contributed by atoms with van der Waals surface area (Å²) in [6.45, 7) is 0.334. The van der Waals surface area contributed by atoms with Crippen LogP contribution in [0.15, 0.2) is 22.7 Å². The number of methoxy groups -OCH3 is 1. The van der Waals surface area contributed by atoms with Gasteiger partial charge in [-0.2, -0.15) is 0 Å². The molecule has 86 valence electrons. The molecule has 1 amide bonds.